The molecule has 0 bridgehead atoms. The average Bonchev–Trinajstić information content (AvgIpc) is 3.24. The number of fused-ring (bicyclic) bond motifs is 1. The Balaban J connectivity index is 1.44. The molecular formula is C16H22N8O. The van der Waals surface area contributed by atoms with Crippen LogP contribution in [-0.2, 0) is 13.0 Å². The minimum atomic E-state index is 0.334. The number of anilines is 1. The van der Waals surface area contributed by atoms with Crippen molar-refractivity contribution in [3.63, 3.8) is 0 Å². The van der Waals surface area contributed by atoms with E-state index < -0.39 is 0 Å². The molecular weight excluding hydrogens is 320 g/mol. The first-order chi connectivity index (χ1) is 12.2. The lowest BCUT2D eigenvalue weighted by Gasteiger charge is -2.32. The number of nitrogens with one attached hydrogen (secondary N) is 1. The first kappa shape index (κ1) is 15.9. The van der Waals surface area contributed by atoms with E-state index in [0.29, 0.717) is 17.7 Å². The molecule has 1 fully saturated rings. The summed E-state index contributed by atoms with van der Waals surface area (Å²) in [5.74, 6) is 3.01. The van der Waals surface area contributed by atoms with E-state index in [1.807, 2.05) is 19.9 Å². The third kappa shape index (κ3) is 3.46. The third-order valence-electron chi connectivity index (χ3n) is 4.42. The molecule has 0 spiro atoms. The molecule has 25 heavy (non-hydrogen) atoms. The summed E-state index contributed by atoms with van der Waals surface area (Å²) in [4.78, 5) is 15.3. The zero-order valence-electron chi connectivity index (χ0n) is 14.5. The Kier molecular flexibility index (Phi) is 4.31. The zero-order valence-corrected chi connectivity index (χ0v) is 14.5. The molecule has 0 aromatic carbocycles. The van der Waals surface area contributed by atoms with Crippen molar-refractivity contribution >= 4 is 11.6 Å². The van der Waals surface area contributed by atoms with E-state index in [0.717, 1.165) is 56.2 Å². The van der Waals surface area contributed by atoms with Crippen LogP contribution in [0.25, 0.3) is 5.78 Å². The SMILES string of the molecule is CCc1nc(CN2CCC[C@H](Nc3cc(C)nc4ncnn34)C2)no1. The topological polar surface area (TPSA) is 97.3 Å². The molecule has 1 saturated heterocycles. The van der Waals surface area contributed by atoms with Gasteiger partial charge in [-0.3, -0.25) is 4.90 Å². The van der Waals surface area contributed by atoms with Crippen molar-refractivity contribution in [2.24, 2.45) is 0 Å². The second-order valence-corrected chi connectivity index (χ2v) is 6.43. The van der Waals surface area contributed by atoms with E-state index in [1.54, 1.807) is 4.52 Å². The molecule has 1 aliphatic rings. The van der Waals surface area contributed by atoms with E-state index >= 15 is 0 Å². The molecule has 9 nitrogen and oxygen atoms in total. The van der Waals surface area contributed by atoms with Crippen molar-refractivity contribution in [1.29, 1.82) is 0 Å². The van der Waals surface area contributed by atoms with Crippen molar-refractivity contribution in [2.45, 2.75) is 45.7 Å². The molecule has 1 atom stereocenters. The van der Waals surface area contributed by atoms with Gasteiger partial charge in [-0.25, -0.2) is 4.98 Å². The Morgan fingerprint density at radius 3 is 3.12 bits per heavy atom. The van der Waals surface area contributed by atoms with Gasteiger partial charge >= 0.3 is 0 Å². The van der Waals surface area contributed by atoms with Crippen LogP contribution in [0.1, 0.15) is 37.2 Å². The fraction of sp³-hybridized carbons (Fsp3) is 0.562. The predicted molar refractivity (Wildman–Crippen MR) is 91.1 cm³/mol. The highest BCUT2D eigenvalue weighted by atomic mass is 16.5. The molecule has 3 aromatic heterocycles. The summed E-state index contributed by atoms with van der Waals surface area (Å²) in [7, 11) is 0. The number of rotatable bonds is 5. The molecule has 0 amide bonds. The quantitative estimate of drug-likeness (QED) is 0.744. The summed E-state index contributed by atoms with van der Waals surface area (Å²) in [6, 6.07) is 2.34. The Morgan fingerprint density at radius 2 is 2.28 bits per heavy atom. The van der Waals surface area contributed by atoms with Crippen LogP contribution in [0.3, 0.4) is 0 Å². The van der Waals surface area contributed by atoms with Crippen LogP contribution in [-0.4, -0.2) is 53.8 Å². The first-order valence-electron chi connectivity index (χ1n) is 8.69. The summed E-state index contributed by atoms with van der Waals surface area (Å²) >= 11 is 0. The number of hydrogen-bond donors (Lipinski definition) is 1. The summed E-state index contributed by atoms with van der Waals surface area (Å²) in [6.07, 6.45) is 4.54. The van der Waals surface area contributed by atoms with Crippen LogP contribution in [0.5, 0.6) is 0 Å². The molecule has 9 heteroatoms. The van der Waals surface area contributed by atoms with Crippen molar-refractivity contribution < 1.29 is 4.52 Å². The molecule has 0 saturated carbocycles. The number of aryl methyl sites for hydroxylation is 2. The lowest BCUT2D eigenvalue weighted by Crippen LogP contribution is -2.42. The van der Waals surface area contributed by atoms with Gasteiger partial charge in [0.15, 0.2) is 5.82 Å². The van der Waals surface area contributed by atoms with Gasteiger partial charge in [-0.2, -0.15) is 19.6 Å². The number of likely N-dealkylation sites (tertiary alicyclic amines) is 1. The highest BCUT2D eigenvalue weighted by Gasteiger charge is 2.22. The second kappa shape index (κ2) is 6.75. The zero-order chi connectivity index (χ0) is 17.2. The average molecular weight is 342 g/mol. The summed E-state index contributed by atoms with van der Waals surface area (Å²) in [5, 5.41) is 11.9. The lowest BCUT2D eigenvalue weighted by molar-refractivity contribution is 0.201. The maximum absolute atomic E-state index is 5.20. The highest BCUT2D eigenvalue weighted by molar-refractivity contribution is 5.45. The van der Waals surface area contributed by atoms with E-state index in [4.69, 9.17) is 4.52 Å². The standard InChI is InChI=1S/C16H22N8O/c1-3-15-21-13(22-25-15)9-23-6-4-5-12(8-23)20-14-7-11(2)19-16-17-10-18-24(14)16/h7,10,12,20H,3-6,8-9H2,1-2H3/t12-/m0/s1. The maximum atomic E-state index is 5.20. The van der Waals surface area contributed by atoms with Crippen LogP contribution >= 0.6 is 0 Å². The Morgan fingerprint density at radius 1 is 1.36 bits per heavy atom. The van der Waals surface area contributed by atoms with Crippen LogP contribution in [0, 0.1) is 6.92 Å². The van der Waals surface area contributed by atoms with Gasteiger partial charge in [0.05, 0.1) is 6.54 Å². The normalized spacial score (nSPS) is 18.7. The van der Waals surface area contributed by atoms with E-state index in [-0.39, 0.29) is 0 Å². The van der Waals surface area contributed by atoms with Gasteiger partial charge in [0.2, 0.25) is 5.89 Å². The summed E-state index contributed by atoms with van der Waals surface area (Å²) in [5.41, 5.74) is 0.926. The molecule has 0 aliphatic carbocycles. The number of nitrogens with zero attached hydrogens (tertiary/aromatic N) is 7. The molecule has 3 aromatic rings. The largest absolute Gasteiger partial charge is 0.366 e. The van der Waals surface area contributed by atoms with Crippen molar-refractivity contribution in [3.05, 3.63) is 29.8 Å². The van der Waals surface area contributed by atoms with E-state index in [1.165, 1.54) is 6.33 Å². The van der Waals surface area contributed by atoms with Crippen molar-refractivity contribution in [2.75, 3.05) is 18.4 Å². The number of piperidine rings is 1. The maximum Gasteiger partial charge on any atom is 0.254 e. The summed E-state index contributed by atoms with van der Waals surface area (Å²) < 4.78 is 6.95. The number of aromatic nitrogens is 6. The molecule has 0 unspecified atom stereocenters. The Hall–Kier alpha value is -2.55. The molecule has 1 aliphatic heterocycles. The van der Waals surface area contributed by atoms with Crippen molar-refractivity contribution in [1.82, 2.24) is 34.6 Å². The Labute approximate surface area is 145 Å². The summed E-state index contributed by atoms with van der Waals surface area (Å²) in [6.45, 7) is 6.67. The second-order valence-electron chi connectivity index (χ2n) is 6.43. The minimum Gasteiger partial charge on any atom is -0.366 e. The van der Waals surface area contributed by atoms with Gasteiger partial charge < -0.3 is 9.84 Å². The van der Waals surface area contributed by atoms with Crippen LogP contribution in [0.4, 0.5) is 5.82 Å². The van der Waals surface area contributed by atoms with Gasteiger partial charge in [0, 0.05) is 30.8 Å². The molecule has 4 heterocycles. The minimum absolute atomic E-state index is 0.334. The van der Waals surface area contributed by atoms with Gasteiger partial charge in [-0.05, 0) is 26.3 Å². The third-order valence-corrected chi connectivity index (χ3v) is 4.42. The van der Waals surface area contributed by atoms with Crippen molar-refractivity contribution in [3.8, 4) is 0 Å². The molecule has 4 rings (SSSR count). The highest BCUT2D eigenvalue weighted by Crippen LogP contribution is 2.18. The van der Waals surface area contributed by atoms with Gasteiger partial charge in [-0.15, -0.1) is 0 Å². The van der Waals surface area contributed by atoms with Gasteiger partial charge in [0.25, 0.3) is 5.78 Å². The first-order valence-corrected chi connectivity index (χ1v) is 8.69. The van der Waals surface area contributed by atoms with Crippen LogP contribution in [0.15, 0.2) is 16.9 Å². The molecule has 1 N–H and O–H groups in total. The molecule has 132 valence electrons. The van der Waals surface area contributed by atoms with Crippen LogP contribution in [0.2, 0.25) is 0 Å². The smallest absolute Gasteiger partial charge is 0.254 e. The fourth-order valence-electron chi connectivity index (χ4n) is 3.26. The predicted octanol–water partition coefficient (Wildman–Crippen LogP) is 1.45. The van der Waals surface area contributed by atoms with E-state index in [9.17, 15) is 0 Å². The Bertz CT molecular complexity index is 857. The van der Waals surface area contributed by atoms with Gasteiger partial charge in [-0.1, -0.05) is 12.1 Å². The lowest BCUT2D eigenvalue weighted by atomic mass is 10.1. The van der Waals surface area contributed by atoms with E-state index in [2.05, 4.69) is 35.4 Å². The monoisotopic (exact) mass is 342 g/mol. The molecule has 0 radical (unpaired) electrons. The number of hydrogen-bond acceptors (Lipinski definition) is 8. The van der Waals surface area contributed by atoms with Gasteiger partial charge in [0.1, 0.15) is 12.1 Å². The fourth-order valence-corrected chi connectivity index (χ4v) is 3.26. The van der Waals surface area contributed by atoms with Crippen LogP contribution < -0.4 is 5.32 Å².